The standard InChI is InChI=1S/C18H25N3O/c1-3-5-6-10-18(22)21-12-11-15-14(8-7-9-17(15)21)16(4-2)20-13-19/h4,7-9,11-13,18,22H,3,5-6,10H2,1-2H3,(H2,19,20)/b16-4-. The number of unbranched alkanes of at least 4 members (excludes halogenated alkanes) is 2. The summed E-state index contributed by atoms with van der Waals surface area (Å²) in [5, 5.41) is 11.5. The van der Waals surface area contributed by atoms with E-state index in [1.165, 1.54) is 6.34 Å². The molecule has 0 saturated heterocycles. The predicted octanol–water partition coefficient (Wildman–Crippen LogP) is 4.06. The molecule has 0 aliphatic rings. The Bertz CT molecular complexity index is 670. The Morgan fingerprint density at radius 1 is 1.36 bits per heavy atom. The first-order valence-corrected chi connectivity index (χ1v) is 7.91. The highest BCUT2D eigenvalue weighted by Crippen LogP contribution is 2.29. The Labute approximate surface area is 132 Å². The average molecular weight is 299 g/mol. The van der Waals surface area contributed by atoms with Crippen molar-refractivity contribution in [3.8, 4) is 0 Å². The monoisotopic (exact) mass is 299 g/mol. The molecule has 0 radical (unpaired) electrons. The van der Waals surface area contributed by atoms with E-state index in [4.69, 9.17) is 5.73 Å². The fourth-order valence-corrected chi connectivity index (χ4v) is 2.77. The first kappa shape index (κ1) is 16.3. The molecule has 4 heteroatoms. The van der Waals surface area contributed by atoms with Gasteiger partial charge in [0.2, 0.25) is 0 Å². The molecule has 0 aliphatic carbocycles. The van der Waals surface area contributed by atoms with Crippen LogP contribution in [0, 0.1) is 0 Å². The third kappa shape index (κ3) is 3.39. The summed E-state index contributed by atoms with van der Waals surface area (Å²) in [7, 11) is 0. The van der Waals surface area contributed by atoms with Gasteiger partial charge in [0.1, 0.15) is 6.23 Å². The molecule has 1 aromatic carbocycles. The van der Waals surface area contributed by atoms with Crippen LogP contribution in [0.15, 0.2) is 41.5 Å². The minimum atomic E-state index is -0.480. The zero-order valence-corrected chi connectivity index (χ0v) is 13.4. The number of aliphatic hydroxyl groups is 1. The van der Waals surface area contributed by atoms with Crippen LogP contribution in [0.3, 0.4) is 0 Å². The molecule has 0 aliphatic heterocycles. The van der Waals surface area contributed by atoms with Crippen molar-refractivity contribution < 1.29 is 5.11 Å². The lowest BCUT2D eigenvalue weighted by Crippen LogP contribution is -2.06. The maximum Gasteiger partial charge on any atom is 0.130 e. The van der Waals surface area contributed by atoms with Crippen LogP contribution in [0.1, 0.15) is 51.3 Å². The van der Waals surface area contributed by atoms with Crippen molar-refractivity contribution in [1.82, 2.24) is 4.57 Å². The number of aromatic nitrogens is 1. The molecule has 2 aromatic rings. The lowest BCUT2D eigenvalue weighted by atomic mass is 10.1. The number of rotatable bonds is 7. The number of hydrogen-bond donors (Lipinski definition) is 2. The van der Waals surface area contributed by atoms with Crippen LogP contribution >= 0.6 is 0 Å². The number of nitrogens with zero attached hydrogens (tertiary/aromatic N) is 2. The van der Waals surface area contributed by atoms with E-state index < -0.39 is 6.23 Å². The van der Waals surface area contributed by atoms with Gasteiger partial charge in [0.15, 0.2) is 0 Å². The molecule has 22 heavy (non-hydrogen) atoms. The van der Waals surface area contributed by atoms with E-state index in [1.807, 2.05) is 48.0 Å². The highest BCUT2D eigenvalue weighted by atomic mass is 16.3. The van der Waals surface area contributed by atoms with Crippen molar-refractivity contribution in [3.05, 3.63) is 42.1 Å². The molecule has 2 rings (SSSR count). The molecule has 0 amide bonds. The van der Waals surface area contributed by atoms with E-state index in [9.17, 15) is 5.11 Å². The third-order valence-corrected chi connectivity index (χ3v) is 3.91. The molecular weight excluding hydrogens is 274 g/mol. The van der Waals surface area contributed by atoms with Gasteiger partial charge in [-0.25, -0.2) is 4.99 Å². The second-order valence-electron chi connectivity index (χ2n) is 5.39. The number of aliphatic hydroxyl groups excluding tert-OH is 1. The second kappa shape index (κ2) is 7.80. The summed E-state index contributed by atoms with van der Waals surface area (Å²) < 4.78 is 1.94. The molecule has 0 spiro atoms. The van der Waals surface area contributed by atoms with Crippen molar-refractivity contribution >= 4 is 22.9 Å². The molecule has 118 valence electrons. The Balaban J connectivity index is 2.37. The normalized spacial score (nSPS) is 14.0. The Morgan fingerprint density at radius 2 is 2.18 bits per heavy atom. The lowest BCUT2D eigenvalue weighted by molar-refractivity contribution is 0.0961. The summed E-state index contributed by atoms with van der Waals surface area (Å²) in [6.07, 6.45) is 8.84. The SMILES string of the molecule is C/C=C(\N=C/N)c1cccc2c1ccn2C(O)CCCCC. The van der Waals surface area contributed by atoms with Crippen molar-refractivity contribution in [3.63, 3.8) is 0 Å². The van der Waals surface area contributed by atoms with Gasteiger partial charge < -0.3 is 15.4 Å². The highest BCUT2D eigenvalue weighted by molar-refractivity contribution is 5.93. The summed E-state index contributed by atoms with van der Waals surface area (Å²) in [5.41, 5.74) is 8.32. The molecule has 0 bridgehead atoms. The van der Waals surface area contributed by atoms with E-state index in [2.05, 4.69) is 11.9 Å². The minimum Gasteiger partial charge on any atom is -0.390 e. The van der Waals surface area contributed by atoms with Crippen LogP contribution in [0.2, 0.25) is 0 Å². The first-order valence-electron chi connectivity index (χ1n) is 7.91. The zero-order chi connectivity index (χ0) is 15.9. The van der Waals surface area contributed by atoms with Crippen LogP contribution in [0.4, 0.5) is 0 Å². The maximum atomic E-state index is 10.4. The molecule has 1 atom stereocenters. The summed E-state index contributed by atoms with van der Waals surface area (Å²) in [6.45, 7) is 4.11. The first-order chi connectivity index (χ1) is 10.7. The molecule has 1 unspecified atom stereocenters. The smallest absolute Gasteiger partial charge is 0.130 e. The number of aliphatic imine (C=N–C) groups is 1. The molecule has 3 N–H and O–H groups in total. The van der Waals surface area contributed by atoms with Gasteiger partial charge in [0.05, 0.1) is 17.6 Å². The second-order valence-corrected chi connectivity index (χ2v) is 5.39. The number of allylic oxidation sites excluding steroid dienone is 1. The van der Waals surface area contributed by atoms with E-state index in [0.29, 0.717) is 0 Å². The van der Waals surface area contributed by atoms with Crippen LogP contribution in [0.5, 0.6) is 0 Å². The summed E-state index contributed by atoms with van der Waals surface area (Å²) in [6, 6.07) is 8.07. The molecule has 0 saturated carbocycles. The summed E-state index contributed by atoms with van der Waals surface area (Å²) in [4.78, 5) is 4.22. The van der Waals surface area contributed by atoms with E-state index >= 15 is 0 Å². The highest BCUT2D eigenvalue weighted by Gasteiger charge is 2.12. The van der Waals surface area contributed by atoms with Crippen LogP contribution < -0.4 is 5.73 Å². The van der Waals surface area contributed by atoms with Crippen LogP contribution in [0.25, 0.3) is 16.6 Å². The Kier molecular flexibility index (Phi) is 5.78. The quantitative estimate of drug-likeness (QED) is 0.460. The number of fused-ring (bicyclic) bond motifs is 1. The van der Waals surface area contributed by atoms with Gasteiger partial charge in [0, 0.05) is 17.1 Å². The Hall–Kier alpha value is -2.07. The van der Waals surface area contributed by atoms with Gasteiger partial charge in [-0.2, -0.15) is 0 Å². The van der Waals surface area contributed by atoms with E-state index in [0.717, 1.165) is 47.8 Å². The predicted molar refractivity (Wildman–Crippen MR) is 93.7 cm³/mol. The van der Waals surface area contributed by atoms with Crippen molar-refractivity contribution in [2.45, 2.75) is 45.8 Å². The summed E-state index contributed by atoms with van der Waals surface area (Å²) in [5.74, 6) is 0. The topological polar surface area (TPSA) is 63.5 Å². The molecule has 1 aromatic heterocycles. The van der Waals surface area contributed by atoms with Crippen molar-refractivity contribution in [2.75, 3.05) is 0 Å². The molecule has 4 nitrogen and oxygen atoms in total. The number of hydrogen-bond acceptors (Lipinski definition) is 2. The molecule has 1 heterocycles. The van der Waals surface area contributed by atoms with E-state index in [-0.39, 0.29) is 0 Å². The van der Waals surface area contributed by atoms with Gasteiger partial charge in [-0.3, -0.25) is 0 Å². The van der Waals surface area contributed by atoms with Gasteiger partial charge in [-0.1, -0.05) is 38.0 Å². The van der Waals surface area contributed by atoms with Crippen LogP contribution in [-0.2, 0) is 0 Å². The van der Waals surface area contributed by atoms with Gasteiger partial charge in [-0.15, -0.1) is 0 Å². The Morgan fingerprint density at radius 3 is 2.86 bits per heavy atom. The van der Waals surface area contributed by atoms with Gasteiger partial charge >= 0.3 is 0 Å². The number of benzene rings is 1. The fraction of sp³-hybridized carbons (Fsp3) is 0.389. The lowest BCUT2D eigenvalue weighted by Gasteiger charge is -2.14. The summed E-state index contributed by atoms with van der Waals surface area (Å²) >= 11 is 0. The fourth-order valence-electron chi connectivity index (χ4n) is 2.77. The maximum absolute atomic E-state index is 10.4. The van der Waals surface area contributed by atoms with Crippen molar-refractivity contribution in [2.24, 2.45) is 10.7 Å². The van der Waals surface area contributed by atoms with Crippen LogP contribution in [-0.4, -0.2) is 16.0 Å². The van der Waals surface area contributed by atoms with Gasteiger partial charge in [-0.05, 0) is 31.9 Å². The molecule has 0 fully saturated rings. The number of nitrogens with two attached hydrogens (primary N) is 1. The van der Waals surface area contributed by atoms with E-state index in [1.54, 1.807) is 0 Å². The average Bonchev–Trinajstić information content (AvgIpc) is 2.97. The molecular formula is C18H25N3O. The third-order valence-electron chi connectivity index (χ3n) is 3.91. The van der Waals surface area contributed by atoms with Gasteiger partial charge in [0.25, 0.3) is 0 Å². The largest absolute Gasteiger partial charge is 0.390 e. The zero-order valence-electron chi connectivity index (χ0n) is 13.4. The van der Waals surface area contributed by atoms with Crippen molar-refractivity contribution in [1.29, 1.82) is 0 Å². The minimum absolute atomic E-state index is 0.480.